The Morgan fingerprint density at radius 2 is 2.10 bits per heavy atom. The summed E-state index contributed by atoms with van der Waals surface area (Å²) in [4.78, 5) is 35.0. The first-order chi connectivity index (χ1) is 14.7. The first-order valence-corrected chi connectivity index (χ1v) is 12.0. The van der Waals surface area contributed by atoms with Gasteiger partial charge in [-0.3, -0.25) is 19.1 Å². The zero-order valence-corrected chi connectivity index (χ0v) is 18.7. The van der Waals surface area contributed by atoms with Gasteiger partial charge < -0.3 is 10.1 Å². The topological polar surface area (TPSA) is 76.5 Å². The number of thiophene rings is 2. The van der Waals surface area contributed by atoms with E-state index in [1.165, 1.54) is 17.8 Å². The Morgan fingerprint density at radius 3 is 2.83 bits per heavy atom. The molecule has 9 heteroatoms. The second kappa shape index (κ2) is 9.82. The van der Waals surface area contributed by atoms with Crippen LogP contribution in [0, 0.1) is 0 Å². The van der Waals surface area contributed by atoms with E-state index in [-0.39, 0.29) is 18.0 Å². The number of nitrogens with one attached hydrogen (secondary N) is 1. The lowest BCUT2D eigenvalue weighted by Crippen LogP contribution is -2.38. The largest absolute Gasteiger partial charge is 0.383 e. The summed E-state index contributed by atoms with van der Waals surface area (Å²) < 4.78 is 6.55. The van der Waals surface area contributed by atoms with E-state index in [4.69, 9.17) is 9.72 Å². The number of fused-ring (bicyclic) bond motifs is 1. The molecule has 160 valence electrons. The highest BCUT2D eigenvalue weighted by Crippen LogP contribution is 2.33. The minimum Gasteiger partial charge on any atom is -0.383 e. The third-order valence-corrected chi connectivity index (χ3v) is 7.08. The lowest BCUT2D eigenvalue weighted by molar-refractivity contribution is -0.121. The molecular weight excluding hydrogens is 420 g/mol. The van der Waals surface area contributed by atoms with Crippen molar-refractivity contribution in [1.82, 2.24) is 19.8 Å². The Kier molecular flexibility index (Phi) is 6.93. The summed E-state index contributed by atoms with van der Waals surface area (Å²) >= 11 is 3.09. The Labute approximate surface area is 183 Å². The molecule has 0 saturated carbocycles. The molecule has 3 aromatic heterocycles. The van der Waals surface area contributed by atoms with Gasteiger partial charge in [-0.05, 0) is 37.4 Å². The quantitative estimate of drug-likeness (QED) is 0.539. The van der Waals surface area contributed by atoms with Crippen molar-refractivity contribution in [1.29, 1.82) is 0 Å². The summed E-state index contributed by atoms with van der Waals surface area (Å²) in [5.74, 6) is 0.457. The van der Waals surface area contributed by atoms with Gasteiger partial charge in [-0.1, -0.05) is 12.5 Å². The zero-order chi connectivity index (χ0) is 20.9. The lowest BCUT2D eigenvalue weighted by atomic mass is 10.1. The van der Waals surface area contributed by atoms with E-state index in [9.17, 15) is 9.59 Å². The van der Waals surface area contributed by atoms with Crippen LogP contribution in [0.2, 0.25) is 0 Å². The number of aromatic nitrogens is 2. The fourth-order valence-electron chi connectivity index (χ4n) is 3.77. The van der Waals surface area contributed by atoms with Crippen LogP contribution < -0.4 is 10.9 Å². The number of carbonyl (C=O) groups is 1. The molecule has 1 amide bonds. The molecule has 30 heavy (non-hydrogen) atoms. The molecule has 0 radical (unpaired) electrons. The number of hydrogen-bond acceptors (Lipinski definition) is 7. The summed E-state index contributed by atoms with van der Waals surface area (Å²) in [5, 5.41) is 7.42. The van der Waals surface area contributed by atoms with Gasteiger partial charge in [0.05, 0.1) is 18.5 Å². The fraction of sp³-hybridized carbons (Fsp3) is 0.476. The number of piperidine rings is 1. The smallest absolute Gasteiger partial charge is 0.263 e. The number of rotatable bonds is 8. The maximum Gasteiger partial charge on any atom is 0.263 e. The number of hydrogen-bond donors (Lipinski definition) is 1. The summed E-state index contributed by atoms with van der Waals surface area (Å²) in [6, 6.07) is 3.98. The molecule has 7 nitrogen and oxygen atoms in total. The highest BCUT2D eigenvalue weighted by Gasteiger charge is 2.21. The summed E-state index contributed by atoms with van der Waals surface area (Å²) in [6.45, 7) is 3.40. The molecule has 1 aliphatic rings. The summed E-state index contributed by atoms with van der Waals surface area (Å²) in [6.07, 6.45) is 3.56. The molecule has 1 fully saturated rings. The van der Waals surface area contributed by atoms with Crippen LogP contribution in [-0.2, 0) is 22.6 Å². The molecular formula is C21H26N4O3S2. The van der Waals surface area contributed by atoms with E-state index >= 15 is 0 Å². The van der Waals surface area contributed by atoms with E-state index in [1.807, 2.05) is 22.9 Å². The molecule has 0 unspecified atom stereocenters. The molecule has 0 spiro atoms. The lowest BCUT2D eigenvalue weighted by Gasteiger charge is -2.27. The van der Waals surface area contributed by atoms with Crippen LogP contribution in [0.5, 0.6) is 0 Å². The van der Waals surface area contributed by atoms with Crippen molar-refractivity contribution in [2.75, 3.05) is 33.4 Å². The highest BCUT2D eigenvalue weighted by atomic mass is 32.1. The minimum absolute atomic E-state index is 0.0333. The third kappa shape index (κ3) is 4.64. The second-order valence-electron chi connectivity index (χ2n) is 7.41. The number of carbonyl (C=O) groups excluding carboxylic acids is 1. The van der Waals surface area contributed by atoms with Crippen LogP contribution >= 0.6 is 22.7 Å². The third-order valence-electron chi connectivity index (χ3n) is 5.30. The van der Waals surface area contributed by atoms with E-state index < -0.39 is 0 Å². The molecule has 4 heterocycles. The van der Waals surface area contributed by atoms with Crippen LogP contribution in [0.4, 0.5) is 0 Å². The molecule has 1 aliphatic heterocycles. The number of methoxy groups -OCH3 is 1. The van der Waals surface area contributed by atoms with Crippen molar-refractivity contribution < 1.29 is 9.53 Å². The minimum atomic E-state index is -0.205. The van der Waals surface area contributed by atoms with Crippen LogP contribution in [0.1, 0.15) is 25.1 Å². The van der Waals surface area contributed by atoms with Gasteiger partial charge in [0.1, 0.15) is 17.2 Å². The molecule has 3 aromatic rings. The predicted molar refractivity (Wildman–Crippen MR) is 121 cm³/mol. The van der Waals surface area contributed by atoms with Crippen molar-refractivity contribution in [3.63, 3.8) is 0 Å². The first-order valence-electron chi connectivity index (χ1n) is 10.2. The van der Waals surface area contributed by atoms with Crippen LogP contribution in [0.15, 0.2) is 27.7 Å². The molecule has 0 aromatic carbocycles. The maximum absolute atomic E-state index is 13.5. The summed E-state index contributed by atoms with van der Waals surface area (Å²) in [7, 11) is 1.59. The maximum atomic E-state index is 13.5. The van der Waals surface area contributed by atoms with Gasteiger partial charge >= 0.3 is 0 Å². The molecule has 1 saturated heterocycles. The standard InChI is InChI=1S/C21H26N4O3S2/c1-28-10-7-22-18(26)13-25-17(12-24-8-3-2-4-9-24)23-20-19(21(25)27)15(14-30-20)16-6-5-11-29-16/h5-6,11,14H,2-4,7-10,12-13H2,1H3,(H,22,26). The van der Waals surface area contributed by atoms with E-state index in [2.05, 4.69) is 10.2 Å². The van der Waals surface area contributed by atoms with E-state index in [0.717, 1.165) is 41.2 Å². The van der Waals surface area contributed by atoms with Gasteiger partial charge in [0, 0.05) is 29.5 Å². The normalized spacial score (nSPS) is 15.0. The second-order valence-corrected chi connectivity index (χ2v) is 9.21. The van der Waals surface area contributed by atoms with E-state index in [0.29, 0.717) is 30.9 Å². The van der Waals surface area contributed by atoms with E-state index in [1.54, 1.807) is 23.0 Å². The van der Waals surface area contributed by atoms with Crippen molar-refractivity contribution in [2.45, 2.75) is 32.4 Å². The fourth-order valence-corrected chi connectivity index (χ4v) is 5.54. The van der Waals surface area contributed by atoms with Crippen LogP contribution in [0.3, 0.4) is 0 Å². The van der Waals surface area contributed by atoms with Crippen molar-refractivity contribution in [2.24, 2.45) is 0 Å². The Morgan fingerprint density at radius 1 is 1.27 bits per heavy atom. The van der Waals surface area contributed by atoms with Gasteiger partial charge in [0.15, 0.2) is 0 Å². The molecule has 0 atom stereocenters. The van der Waals surface area contributed by atoms with Gasteiger partial charge in [-0.25, -0.2) is 4.98 Å². The average molecular weight is 447 g/mol. The number of amides is 1. The Hall–Kier alpha value is -2.07. The van der Waals surface area contributed by atoms with Crippen LogP contribution in [0.25, 0.3) is 20.7 Å². The zero-order valence-electron chi connectivity index (χ0n) is 17.1. The Balaban J connectivity index is 1.72. The Bertz CT molecular complexity index is 1050. The highest BCUT2D eigenvalue weighted by molar-refractivity contribution is 7.18. The molecule has 0 aliphatic carbocycles. The van der Waals surface area contributed by atoms with Gasteiger partial charge in [0.2, 0.25) is 5.91 Å². The number of ether oxygens (including phenoxy) is 1. The van der Waals surface area contributed by atoms with Crippen molar-refractivity contribution >= 4 is 38.8 Å². The molecule has 0 bridgehead atoms. The summed E-state index contributed by atoms with van der Waals surface area (Å²) in [5.41, 5.74) is 0.763. The SMILES string of the molecule is COCCNC(=O)Cn1c(CN2CCCCC2)nc2scc(-c3cccs3)c2c1=O. The number of likely N-dealkylation sites (tertiary alicyclic amines) is 1. The molecule has 1 N–H and O–H groups in total. The van der Waals surface area contributed by atoms with Crippen molar-refractivity contribution in [3.8, 4) is 10.4 Å². The van der Waals surface area contributed by atoms with Gasteiger partial charge in [0.25, 0.3) is 5.56 Å². The average Bonchev–Trinajstić information content (AvgIpc) is 3.41. The monoisotopic (exact) mass is 446 g/mol. The van der Waals surface area contributed by atoms with Gasteiger partial charge in [-0.15, -0.1) is 22.7 Å². The van der Waals surface area contributed by atoms with Crippen molar-refractivity contribution in [3.05, 3.63) is 39.1 Å². The number of nitrogens with zero attached hydrogens (tertiary/aromatic N) is 3. The predicted octanol–water partition coefficient (Wildman–Crippen LogP) is 2.94. The van der Waals surface area contributed by atoms with Crippen LogP contribution in [-0.4, -0.2) is 53.7 Å². The molecule has 4 rings (SSSR count). The van der Waals surface area contributed by atoms with Gasteiger partial charge in [-0.2, -0.15) is 0 Å². The first kappa shape index (κ1) is 21.2.